The van der Waals surface area contributed by atoms with Crippen LogP contribution in [0.5, 0.6) is 0 Å². The number of carboxylic acid groups (broad SMARTS) is 1. The third-order valence-electron chi connectivity index (χ3n) is 3.27. The van der Waals surface area contributed by atoms with Gasteiger partial charge in [0.15, 0.2) is 9.84 Å². The highest BCUT2D eigenvalue weighted by atomic mass is 35.5. The van der Waals surface area contributed by atoms with Gasteiger partial charge in [-0.25, -0.2) is 8.42 Å². The lowest BCUT2D eigenvalue weighted by molar-refractivity contribution is -0.135. The topological polar surface area (TPSA) is 149 Å². The van der Waals surface area contributed by atoms with E-state index in [4.69, 9.17) is 27.0 Å². The van der Waals surface area contributed by atoms with Crippen LogP contribution in [0.4, 0.5) is 13.2 Å². The number of nitrogens with two attached hydrogens (primary N) is 1. The molecule has 1 heterocycles. The van der Waals surface area contributed by atoms with E-state index in [1.165, 1.54) is 24.3 Å². The normalized spacial score (nSPS) is 13.9. The fourth-order valence-corrected chi connectivity index (χ4v) is 2.85. The molecule has 0 radical (unpaired) electrons. The summed E-state index contributed by atoms with van der Waals surface area (Å²) in [4.78, 5) is 18.0. The first-order valence-corrected chi connectivity index (χ1v) is 9.71. The van der Waals surface area contributed by atoms with Crippen LogP contribution in [0.3, 0.4) is 0 Å². The van der Waals surface area contributed by atoms with Gasteiger partial charge >= 0.3 is 12.1 Å². The van der Waals surface area contributed by atoms with E-state index in [-0.39, 0.29) is 16.3 Å². The first-order chi connectivity index (χ1) is 13.3. The first-order valence-electron chi connectivity index (χ1n) is 7.44. The number of carboxylic acids is 1. The van der Waals surface area contributed by atoms with Gasteiger partial charge in [0.2, 0.25) is 5.82 Å². The number of allylic oxidation sites excluding steroid dienone is 2. The van der Waals surface area contributed by atoms with Gasteiger partial charge in [-0.3, -0.25) is 9.79 Å². The van der Waals surface area contributed by atoms with Crippen LogP contribution >= 0.6 is 11.6 Å². The largest absolute Gasteiger partial charge is 0.480 e. The Hall–Kier alpha value is -2.93. The zero-order chi connectivity index (χ0) is 22.0. The molecule has 3 N–H and O–H groups in total. The highest BCUT2D eigenvalue weighted by Crippen LogP contribution is 2.28. The van der Waals surface area contributed by atoms with Crippen LogP contribution in [0, 0.1) is 0 Å². The Morgan fingerprint density at radius 1 is 1.38 bits per heavy atom. The molecule has 2 rings (SSSR count). The summed E-state index contributed by atoms with van der Waals surface area (Å²) in [6.45, 7) is -0.946. The molecule has 0 fully saturated rings. The van der Waals surface area contributed by atoms with E-state index in [1.807, 2.05) is 0 Å². The fraction of sp³-hybridized carbons (Fsp3) is 0.200. The van der Waals surface area contributed by atoms with Gasteiger partial charge in [0.05, 0.1) is 9.93 Å². The number of rotatable bonds is 6. The van der Waals surface area contributed by atoms with E-state index in [1.54, 1.807) is 0 Å². The average Bonchev–Trinajstić information content (AvgIpc) is 3.09. The Bertz CT molecular complexity index is 1110. The molecule has 0 saturated carbocycles. The predicted octanol–water partition coefficient (Wildman–Crippen LogP) is 1.99. The molecule has 1 aromatic carbocycles. The van der Waals surface area contributed by atoms with E-state index in [0.29, 0.717) is 0 Å². The lowest BCUT2D eigenvalue weighted by atomic mass is 10.2. The van der Waals surface area contributed by atoms with E-state index >= 15 is 0 Å². The van der Waals surface area contributed by atoms with Crippen molar-refractivity contribution in [1.82, 2.24) is 10.1 Å². The Morgan fingerprint density at radius 3 is 2.59 bits per heavy atom. The number of hydrogen-bond acceptors (Lipinski definition) is 8. The molecule has 2 aromatic rings. The van der Waals surface area contributed by atoms with Crippen molar-refractivity contribution in [3.8, 4) is 11.4 Å². The summed E-state index contributed by atoms with van der Waals surface area (Å²) in [5.41, 5.74) is 2.62. The predicted molar refractivity (Wildman–Crippen MR) is 95.0 cm³/mol. The Kier molecular flexibility index (Phi) is 6.33. The molecule has 0 unspecified atom stereocenters. The molecule has 0 aliphatic heterocycles. The van der Waals surface area contributed by atoms with E-state index in [0.717, 1.165) is 6.26 Å². The van der Waals surface area contributed by atoms with Crippen LogP contribution in [-0.4, -0.2) is 54.3 Å². The molecular weight excluding hydrogens is 441 g/mol. The van der Waals surface area contributed by atoms with Gasteiger partial charge in [-0.15, -0.1) is 0 Å². The second kappa shape index (κ2) is 8.21. The van der Waals surface area contributed by atoms with Crippen molar-refractivity contribution in [2.24, 2.45) is 10.7 Å². The van der Waals surface area contributed by atoms with Gasteiger partial charge in [0.1, 0.15) is 18.0 Å². The van der Waals surface area contributed by atoms with Crippen molar-refractivity contribution in [2.75, 3.05) is 12.8 Å². The highest BCUT2D eigenvalue weighted by molar-refractivity contribution is 7.90. The minimum absolute atomic E-state index is 0.0552. The standard InChI is InChI=1S/C15H12ClF3N4O5S/c1-29(26,27)8-4-2-3-7(5-8)13-22-14(28-23-13)11(21-6-9(24)25)10(16)12(20)15(17,18)19/h2-5H,6,20H2,1H3,(H,24,25)/b12-10+,21-11?. The van der Waals surface area contributed by atoms with E-state index in [2.05, 4.69) is 15.1 Å². The zero-order valence-electron chi connectivity index (χ0n) is 14.4. The molecule has 0 bridgehead atoms. The highest BCUT2D eigenvalue weighted by Gasteiger charge is 2.36. The summed E-state index contributed by atoms with van der Waals surface area (Å²) < 4.78 is 66.7. The van der Waals surface area contributed by atoms with Gasteiger partial charge in [0, 0.05) is 11.8 Å². The Labute approximate surface area is 166 Å². The minimum Gasteiger partial charge on any atom is -0.480 e. The maximum absolute atomic E-state index is 12.8. The lowest BCUT2D eigenvalue weighted by Gasteiger charge is -2.09. The molecular formula is C15H12ClF3N4O5S. The molecule has 0 amide bonds. The number of aliphatic imine (C=N–C) groups is 1. The van der Waals surface area contributed by atoms with Gasteiger partial charge in [0.25, 0.3) is 5.89 Å². The van der Waals surface area contributed by atoms with Crippen molar-refractivity contribution in [2.45, 2.75) is 11.1 Å². The number of aliphatic carboxylic acids is 1. The smallest absolute Gasteiger partial charge is 0.432 e. The van der Waals surface area contributed by atoms with Crippen molar-refractivity contribution >= 4 is 33.1 Å². The Morgan fingerprint density at radius 2 is 2.03 bits per heavy atom. The molecule has 0 saturated heterocycles. The molecule has 0 spiro atoms. The first kappa shape index (κ1) is 22.4. The van der Waals surface area contributed by atoms with Crippen LogP contribution in [0.2, 0.25) is 0 Å². The van der Waals surface area contributed by atoms with Crippen molar-refractivity contribution in [1.29, 1.82) is 0 Å². The van der Waals surface area contributed by atoms with E-state index < -0.39 is 50.9 Å². The Balaban J connectivity index is 2.55. The van der Waals surface area contributed by atoms with Gasteiger partial charge in [-0.2, -0.15) is 18.2 Å². The van der Waals surface area contributed by atoms with Crippen molar-refractivity contribution in [3.63, 3.8) is 0 Å². The maximum Gasteiger partial charge on any atom is 0.432 e. The molecule has 9 nitrogen and oxygen atoms in total. The minimum atomic E-state index is -5.02. The van der Waals surface area contributed by atoms with Crippen molar-refractivity contribution < 1.29 is 36.0 Å². The summed E-state index contributed by atoms with van der Waals surface area (Å²) in [6.07, 6.45) is -4.04. The number of nitrogens with zero attached hydrogens (tertiary/aromatic N) is 3. The fourth-order valence-electron chi connectivity index (χ4n) is 1.93. The quantitative estimate of drug-likeness (QED) is 0.632. The molecule has 14 heteroatoms. The van der Waals surface area contributed by atoms with Crippen molar-refractivity contribution in [3.05, 3.63) is 40.9 Å². The second-order valence-corrected chi connectivity index (χ2v) is 7.90. The number of sulfone groups is 1. The summed E-state index contributed by atoms with van der Waals surface area (Å²) >= 11 is 5.64. The molecule has 0 aliphatic rings. The van der Waals surface area contributed by atoms with Gasteiger partial charge < -0.3 is 15.4 Å². The average molecular weight is 453 g/mol. The number of alkyl halides is 3. The molecule has 1 aromatic heterocycles. The van der Waals surface area contributed by atoms with Crippen LogP contribution in [0.1, 0.15) is 5.89 Å². The summed E-state index contributed by atoms with van der Waals surface area (Å²) in [5.74, 6) is -2.29. The summed E-state index contributed by atoms with van der Waals surface area (Å²) in [6, 6.07) is 5.37. The molecule has 156 valence electrons. The number of halogens is 4. The molecule has 0 atom stereocenters. The van der Waals surface area contributed by atoms with Crippen LogP contribution in [0.15, 0.2) is 49.4 Å². The van der Waals surface area contributed by atoms with E-state index in [9.17, 15) is 26.4 Å². The summed E-state index contributed by atoms with van der Waals surface area (Å²) in [7, 11) is -3.55. The monoisotopic (exact) mass is 452 g/mol. The summed E-state index contributed by atoms with van der Waals surface area (Å²) in [5, 5.41) is 11.2. The third-order valence-corrected chi connectivity index (χ3v) is 4.76. The number of benzene rings is 1. The van der Waals surface area contributed by atoms with Crippen LogP contribution in [0.25, 0.3) is 11.4 Å². The van der Waals surface area contributed by atoms with Gasteiger partial charge in [-0.1, -0.05) is 28.9 Å². The number of hydrogen-bond donors (Lipinski definition) is 2. The number of carbonyl (C=O) groups is 1. The zero-order valence-corrected chi connectivity index (χ0v) is 16.0. The third kappa shape index (κ3) is 5.54. The molecule has 0 aliphatic carbocycles. The maximum atomic E-state index is 12.8. The molecule has 29 heavy (non-hydrogen) atoms. The van der Waals surface area contributed by atoms with Crippen LogP contribution < -0.4 is 5.73 Å². The van der Waals surface area contributed by atoms with Gasteiger partial charge in [-0.05, 0) is 12.1 Å². The second-order valence-electron chi connectivity index (χ2n) is 5.51. The van der Waals surface area contributed by atoms with Crippen LogP contribution in [-0.2, 0) is 14.6 Å². The SMILES string of the molecule is CS(=O)(=O)c1cccc(-c2noc(C(=NCC(=O)O)/C(Cl)=C(\N)C(F)(F)F)n2)c1. The lowest BCUT2D eigenvalue weighted by Crippen LogP contribution is -2.23. The number of aromatic nitrogens is 2.